The van der Waals surface area contributed by atoms with Crippen molar-refractivity contribution in [2.45, 2.75) is 32.6 Å². The van der Waals surface area contributed by atoms with Crippen LogP contribution in [0, 0.1) is 0 Å². The van der Waals surface area contributed by atoms with Gasteiger partial charge in [0.25, 0.3) is 5.56 Å². The van der Waals surface area contributed by atoms with E-state index in [0.29, 0.717) is 17.5 Å². The summed E-state index contributed by atoms with van der Waals surface area (Å²) in [4.78, 5) is 23.3. The molecule has 1 amide bonds. The first-order valence-electron chi connectivity index (χ1n) is 8.27. The third-order valence-corrected chi connectivity index (χ3v) is 4.31. The van der Waals surface area contributed by atoms with Gasteiger partial charge < -0.3 is 10.1 Å². The lowest BCUT2D eigenvalue weighted by Gasteiger charge is -2.13. The summed E-state index contributed by atoms with van der Waals surface area (Å²) in [5, 5.41) is 8.35. The number of hydrogen-bond acceptors (Lipinski definition) is 4. The molecule has 1 aliphatic carbocycles. The molecule has 1 unspecified atom stereocenters. The van der Waals surface area contributed by atoms with Crippen LogP contribution in [0.5, 0.6) is 11.6 Å². The number of nitrogens with zero attached hydrogens (tertiary/aromatic N) is 1. The smallest absolute Gasteiger partial charge is 0.268 e. The van der Waals surface area contributed by atoms with E-state index in [1.165, 1.54) is 6.92 Å². The number of carbonyl (C=O) groups excluding carboxylic acids is 1. The van der Waals surface area contributed by atoms with E-state index in [1.807, 2.05) is 6.92 Å². The zero-order valence-electron chi connectivity index (χ0n) is 14.9. The fourth-order valence-corrected chi connectivity index (χ4v) is 3.22. The average Bonchev–Trinajstić information content (AvgIpc) is 2.98. The number of halogens is 2. The summed E-state index contributed by atoms with van der Waals surface area (Å²) < 4.78 is 21.8. The number of H-pyrrole nitrogens is 1. The molecule has 1 heterocycles. The highest BCUT2D eigenvalue weighted by atomic mass is 35.5. The molecule has 0 saturated carbocycles. The molecule has 24 heavy (non-hydrogen) atoms. The van der Waals surface area contributed by atoms with Crippen LogP contribution < -0.4 is 15.6 Å². The van der Waals surface area contributed by atoms with Gasteiger partial charge in [-0.1, -0.05) is 30.1 Å². The van der Waals surface area contributed by atoms with Crippen molar-refractivity contribution in [2.24, 2.45) is 0 Å². The minimum absolute atomic E-state index is 0.0747. The summed E-state index contributed by atoms with van der Waals surface area (Å²) in [5.74, 6) is -0.356. The maximum atomic E-state index is 12.0. The lowest BCUT2D eigenvalue weighted by molar-refractivity contribution is -0.114. The van der Waals surface area contributed by atoms with Crippen molar-refractivity contribution < 1.29 is 12.3 Å². The molecule has 0 fully saturated rings. The van der Waals surface area contributed by atoms with Crippen LogP contribution in [-0.2, 0) is 11.2 Å². The largest absolute Gasteiger partial charge is 0.434 e. The number of ether oxygens (including phenoxy) is 1. The van der Waals surface area contributed by atoms with E-state index in [4.69, 9.17) is 30.7 Å². The average molecular weight is 370 g/mol. The molecule has 1 aromatic heterocycles. The summed E-state index contributed by atoms with van der Waals surface area (Å²) in [7, 11) is 0. The third-order valence-electron chi connectivity index (χ3n) is 3.78. The van der Waals surface area contributed by atoms with Gasteiger partial charge in [-0.15, -0.1) is 5.10 Å². The van der Waals surface area contributed by atoms with Crippen LogP contribution in [0.15, 0.2) is 16.9 Å². The van der Waals surface area contributed by atoms with Gasteiger partial charge in [-0.2, -0.15) is 0 Å². The molecule has 3 rings (SSSR count). The van der Waals surface area contributed by atoms with Gasteiger partial charge in [-0.3, -0.25) is 9.59 Å². The molecule has 1 aromatic carbocycles. The molecule has 6 nitrogen and oxygen atoms in total. The molecule has 0 spiro atoms. The van der Waals surface area contributed by atoms with E-state index in [9.17, 15) is 9.59 Å². The molecular weight excluding hydrogens is 353 g/mol. The van der Waals surface area contributed by atoms with E-state index >= 15 is 0 Å². The number of rotatable bonds is 3. The van der Waals surface area contributed by atoms with Crippen molar-refractivity contribution in [3.8, 4) is 11.6 Å². The summed E-state index contributed by atoms with van der Waals surface area (Å²) in [6.45, 7) is 3.19. The zero-order valence-corrected chi connectivity index (χ0v) is 14.4. The molecule has 8 heteroatoms. The van der Waals surface area contributed by atoms with Crippen LogP contribution in [0.1, 0.15) is 40.1 Å². The van der Waals surface area contributed by atoms with Gasteiger partial charge in [-0.05, 0) is 30.8 Å². The van der Waals surface area contributed by atoms with Crippen molar-refractivity contribution in [1.82, 2.24) is 10.2 Å². The monoisotopic (exact) mass is 369 g/mol. The lowest BCUT2D eigenvalue weighted by atomic mass is 10.1. The highest BCUT2D eigenvalue weighted by Crippen LogP contribution is 2.41. The minimum Gasteiger partial charge on any atom is -0.434 e. The van der Waals surface area contributed by atoms with Crippen LogP contribution in [-0.4, -0.2) is 16.1 Å². The standard InChI is InChI=1S/C16H15Cl2N3O3/c1-7-3-4-10-13(7)15(23)20-21-16(10)24-14-11(17)5-9(6-12(14)18)19-8(2)22/h5-7H,3-4H2,1-2H3,(H,19,22)(H,20,23)/i5D,6D. The molecule has 126 valence electrons. The van der Waals surface area contributed by atoms with Crippen molar-refractivity contribution in [3.05, 3.63) is 43.6 Å². The zero-order chi connectivity index (χ0) is 19.2. The first kappa shape index (κ1) is 14.3. The van der Waals surface area contributed by atoms with Gasteiger partial charge in [0.2, 0.25) is 11.8 Å². The Morgan fingerprint density at radius 2 is 2.12 bits per heavy atom. The third kappa shape index (κ3) is 3.12. The minimum atomic E-state index is -0.457. The van der Waals surface area contributed by atoms with Crippen LogP contribution in [0.3, 0.4) is 0 Å². The Bertz CT molecular complexity index is 949. The maximum absolute atomic E-state index is 12.0. The Kier molecular flexibility index (Phi) is 3.85. The quantitative estimate of drug-likeness (QED) is 0.859. The number of carbonyl (C=O) groups is 1. The number of aromatic amines is 1. The fourth-order valence-electron chi connectivity index (χ4n) is 2.72. The number of aromatic nitrogens is 2. The molecule has 2 aromatic rings. The first-order chi connectivity index (χ1) is 12.2. The van der Waals surface area contributed by atoms with Gasteiger partial charge >= 0.3 is 0 Å². The Labute approximate surface area is 150 Å². The number of amides is 1. The van der Waals surface area contributed by atoms with Crippen LogP contribution in [0.25, 0.3) is 0 Å². The van der Waals surface area contributed by atoms with E-state index in [1.54, 1.807) is 0 Å². The highest BCUT2D eigenvalue weighted by molar-refractivity contribution is 6.37. The Morgan fingerprint density at radius 1 is 1.46 bits per heavy atom. The molecule has 0 saturated heterocycles. The van der Waals surface area contributed by atoms with E-state index < -0.39 is 5.91 Å². The number of anilines is 1. The van der Waals surface area contributed by atoms with Gasteiger partial charge in [0, 0.05) is 23.7 Å². The van der Waals surface area contributed by atoms with E-state index in [2.05, 4.69) is 15.5 Å². The number of fused-ring (bicyclic) bond motifs is 1. The number of hydrogen-bond donors (Lipinski definition) is 2. The first-order valence-corrected chi connectivity index (χ1v) is 8.03. The SMILES string of the molecule is [2H]c1c(Cl)c(Oc2n[nH]c(=O)c3c2CCC3C)c(Cl)c([2H])c1NC(C)=O. The number of benzene rings is 1. The lowest BCUT2D eigenvalue weighted by Crippen LogP contribution is -2.16. The van der Waals surface area contributed by atoms with Crippen molar-refractivity contribution in [1.29, 1.82) is 0 Å². The van der Waals surface area contributed by atoms with Gasteiger partial charge in [-0.25, -0.2) is 5.10 Å². The fraction of sp³-hybridized carbons (Fsp3) is 0.312. The van der Waals surface area contributed by atoms with Crippen molar-refractivity contribution >= 4 is 34.8 Å². The molecule has 0 radical (unpaired) electrons. The van der Waals surface area contributed by atoms with Crippen LogP contribution in [0.2, 0.25) is 10.0 Å². The molecule has 2 N–H and O–H groups in total. The van der Waals surface area contributed by atoms with Crippen LogP contribution in [0.4, 0.5) is 5.69 Å². The van der Waals surface area contributed by atoms with Crippen molar-refractivity contribution in [3.63, 3.8) is 0 Å². The molecule has 0 aliphatic heterocycles. The maximum Gasteiger partial charge on any atom is 0.268 e. The van der Waals surface area contributed by atoms with Gasteiger partial charge in [0.15, 0.2) is 5.75 Å². The normalized spacial score (nSPS) is 17.1. The predicted octanol–water partition coefficient (Wildman–Crippen LogP) is 3.88. The van der Waals surface area contributed by atoms with E-state index in [-0.39, 0.29) is 50.9 Å². The Hall–Kier alpha value is -2.05. The Morgan fingerprint density at radius 3 is 2.75 bits per heavy atom. The summed E-state index contributed by atoms with van der Waals surface area (Å²) in [5.41, 5.74) is 0.901. The second kappa shape index (κ2) is 6.45. The second-order valence-corrected chi connectivity index (χ2v) is 6.31. The second-order valence-electron chi connectivity index (χ2n) is 5.56. The summed E-state index contributed by atoms with van der Waals surface area (Å²) in [6, 6.07) is -0.582. The predicted molar refractivity (Wildman–Crippen MR) is 92.4 cm³/mol. The summed E-state index contributed by atoms with van der Waals surface area (Å²) >= 11 is 12.4. The molecule has 0 bridgehead atoms. The number of nitrogens with one attached hydrogen (secondary N) is 2. The highest BCUT2D eigenvalue weighted by Gasteiger charge is 2.27. The topological polar surface area (TPSA) is 84.1 Å². The molecule has 1 aliphatic rings. The Balaban J connectivity index is 2.10. The van der Waals surface area contributed by atoms with E-state index in [0.717, 1.165) is 6.42 Å². The molecular formula is C16H15Cl2N3O3. The van der Waals surface area contributed by atoms with Gasteiger partial charge in [0.1, 0.15) is 0 Å². The van der Waals surface area contributed by atoms with Gasteiger partial charge in [0.05, 0.1) is 12.8 Å². The van der Waals surface area contributed by atoms with Crippen LogP contribution >= 0.6 is 23.2 Å². The summed E-state index contributed by atoms with van der Waals surface area (Å²) in [6.07, 6.45) is 1.40. The molecule has 1 atom stereocenters. The van der Waals surface area contributed by atoms with Crippen molar-refractivity contribution in [2.75, 3.05) is 5.32 Å².